The summed E-state index contributed by atoms with van der Waals surface area (Å²) in [5.41, 5.74) is 3.27. The van der Waals surface area contributed by atoms with Crippen LogP contribution < -0.4 is 20.7 Å². The average Bonchev–Trinajstić information content (AvgIpc) is 3.09. The molecule has 3 N–H and O–H groups in total. The summed E-state index contributed by atoms with van der Waals surface area (Å²) in [5, 5.41) is 8.14. The van der Waals surface area contributed by atoms with Crippen LogP contribution in [0.15, 0.2) is 150 Å². The minimum Gasteiger partial charge on any atom is -0.494 e. The molecule has 8 heteroatoms. The van der Waals surface area contributed by atoms with Crippen LogP contribution in [-0.4, -0.2) is 24.3 Å². The maximum atomic E-state index is 13.6. The van der Waals surface area contributed by atoms with Gasteiger partial charge in [0.05, 0.1) is 6.61 Å². The van der Waals surface area contributed by atoms with Gasteiger partial charge in [0, 0.05) is 21.8 Å². The number of hydrogen-bond acceptors (Lipinski definition) is 5. The highest BCUT2D eigenvalue weighted by Gasteiger charge is 2.23. The van der Waals surface area contributed by atoms with Crippen molar-refractivity contribution < 1.29 is 19.1 Å². The smallest absolute Gasteiger partial charge is 0.272 e. The first-order valence-corrected chi connectivity index (χ1v) is 15.7. The van der Waals surface area contributed by atoms with Gasteiger partial charge in [-0.15, -0.1) is 11.8 Å². The van der Waals surface area contributed by atoms with Gasteiger partial charge in [0.25, 0.3) is 11.8 Å². The van der Waals surface area contributed by atoms with Crippen molar-refractivity contribution in [2.75, 3.05) is 17.2 Å². The van der Waals surface area contributed by atoms with E-state index in [4.69, 9.17) is 4.74 Å². The highest BCUT2D eigenvalue weighted by atomic mass is 32.2. The molecular weight excluding hydrogens is 595 g/mol. The third kappa shape index (κ3) is 8.97. The molecule has 230 valence electrons. The van der Waals surface area contributed by atoms with Crippen molar-refractivity contribution in [3.05, 3.63) is 162 Å². The van der Waals surface area contributed by atoms with Crippen LogP contribution in [0, 0.1) is 0 Å². The Morgan fingerprint density at radius 1 is 0.717 bits per heavy atom. The van der Waals surface area contributed by atoms with Gasteiger partial charge in [-0.25, -0.2) is 0 Å². The normalized spacial score (nSPS) is 11.6. The summed E-state index contributed by atoms with van der Waals surface area (Å²) in [6.07, 6.45) is 1.61. The number of amides is 3. The number of hydrogen-bond donors (Lipinski definition) is 3. The van der Waals surface area contributed by atoms with Crippen molar-refractivity contribution in [3.8, 4) is 5.75 Å². The highest BCUT2D eigenvalue weighted by molar-refractivity contribution is 8.00. The molecule has 0 spiro atoms. The number of benzene rings is 5. The molecule has 0 aliphatic heterocycles. The summed E-state index contributed by atoms with van der Waals surface area (Å²) < 4.78 is 5.53. The molecule has 7 nitrogen and oxygen atoms in total. The maximum absolute atomic E-state index is 13.6. The molecule has 0 saturated heterocycles. The van der Waals surface area contributed by atoms with Crippen molar-refractivity contribution >= 4 is 46.9 Å². The fourth-order valence-corrected chi connectivity index (χ4v) is 5.63. The Balaban J connectivity index is 1.37. The molecule has 3 amide bonds. The predicted molar refractivity (Wildman–Crippen MR) is 185 cm³/mol. The van der Waals surface area contributed by atoms with Crippen LogP contribution in [0.5, 0.6) is 5.75 Å². The van der Waals surface area contributed by atoms with E-state index in [0.717, 1.165) is 10.5 Å². The van der Waals surface area contributed by atoms with Crippen LogP contribution in [0.25, 0.3) is 6.08 Å². The van der Waals surface area contributed by atoms with Crippen molar-refractivity contribution in [2.45, 2.75) is 17.1 Å². The lowest BCUT2D eigenvalue weighted by Crippen LogP contribution is -2.30. The van der Waals surface area contributed by atoms with Gasteiger partial charge in [-0.1, -0.05) is 84.9 Å². The van der Waals surface area contributed by atoms with E-state index in [1.54, 1.807) is 36.4 Å². The van der Waals surface area contributed by atoms with Gasteiger partial charge in [0.1, 0.15) is 16.7 Å². The highest BCUT2D eigenvalue weighted by Crippen LogP contribution is 2.37. The molecule has 0 aliphatic carbocycles. The van der Waals surface area contributed by atoms with Crippen molar-refractivity contribution in [1.29, 1.82) is 0 Å². The Morgan fingerprint density at radius 2 is 1.35 bits per heavy atom. The van der Waals surface area contributed by atoms with Crippen LogP contribution in [0.3, 0.4) is 0 Å². The van der Waals surface area contributed by atoms with Crippen LogP contribution in [-0.2, 0) is 9.59 Å². The van der Waals surface area contributed by atoms with Crippen molar-refractivity contribution in [2.24, 2.45) is 0 Å². The molecule has 5 rings (SSSR count). The third-order valence-corrected chi connectivity index (χ3v) is 8.01. The third-order valence-electron chi connectivity index (χ3n) is 6.76. The maximum Gasteiger partial charge on any atom is 0.272 e. The van der Waals surface area contributed by atoms with Crippen LogP contribution in [0.4, 0.5) is 11.4 Å². The second-order valence-electron chi connectivity index (χ2n) is 10.1. The number of carbonyl (C=O) groups excluding carboxylic acids is 3. The summed E-state index contributed by atoms with van der Waals surface area (Å²) in [6, 6.07) is 42.1. The van der Waals surface area contributed by atoms with Crippen LogP contribution in [0.1, 0.15) is 33.7 Å². The van der Waals surface area contributed by atoms with Gasteiger partial charge < -0.3 is 20.7 Å². The molecule has 1 unspecified atom stereocenters. The number of thioether (sulfide) groups is 1. The van der Waals surface area contributed by atoms with Crippen molar-refractivity contribution in [1.82, 2.24) is 5.32 Å². The van der Waals surface area contributed by atoms with Gasteiger partial charge in [-0.3, -0.25) is 14.4 Å². The van der Waals surface area contributed by atoms with Crippen LogP contribution in [0.2, 0.25) is 0 Å². The number of carbonyl (C=O) groups is 3. The zero-order valence-corrected chi connectivity index (χ0v) is 26.0. The molecule has 0 saturated carbocycles. The van der Waals surface area contributed by atoms with E-state index in [2.05, 4.69) is 16.0 Å². The van der Waals surface area contributed by atoms with E-state index >= 15 is 0 Å². The van der Waals surface area contributed by atoms with E-state index < -0.39 is 17.1 Å². The number of rotatable bonds is 12. The quantitative estimate of drug-likeness (QED) is 0.0963. The zero-order valence-electron chi connectivity index (χ0n) is 25.2. The summed E-state index contributed by atoms with van der Waals surface area (Å²) in [6.45, 7) is 2.45. The van der Waals surface area contributed by atoms with Gasteiger partial charge in [0.15, 0.2) is 0 Å². The van der Waals surface area contributed by atoms with Gasteiger partial charge in [-0.2, -0.15) is 0 Å². The van der Waals surface area contributed by atoms with E-state index in [-0.39, 0.29) is 11.6 Å². The summed E-state index contributed by atoms with van der Waals surface area (Å²) in [5.74, 6) is -0.366. The second-order valence-corrected chi connectivity index (χ2v) is 11.3. The van der Waals surface area contributed by atoms with Crippen molar-refractivity contribution in [3.63, 3.8) is 0 Å². The SMILES string of the molecule is CCOc1ccc(/C=C(/NC(=O)c2ccccc2)C(=O)Nc2cccc(SC(C(=O)Nc3ccccc3)c3ccccc3)c2)cc1. The molecule has 5 aromatic rings. The van der Waals surface area contributed by atoms with Gasteiger partial charge >= 0.3 is 0 Å². The number of nitrogens with one attached hydrogen (secondary N) is 3. The number of ether oxygens (including phenoxy) is 1. The number of anilines is 2. The lowest BCUT2D eigenvalue weighted by molar-refractivity contribution is -0.116. The first kappa shape index (κ1) is 31.8. The van der Waals surface area contributed by atoms with E-state index in [9.17, 15) is 14.4 Å². The first-order valence-electron chi connectivity index (χ1n) is 14.8. The predicted octanol–water partition coefficient (Wildman–Crippen LogP) is 7.97. The Bertz CT molecular complexity index is 1800. The standard InChI is InChI=1S/C38H33N3O4S/c1-2-45-32-23-21-27(22-24-32)25-34(41-36(42)29-15-8-4-9-16-29)37(43)40-31-19-12-20-33(26-31)46-35(28-13-6-3-7-14-28)38(44)39-30-17-10-5-11-18-30/h3-26,35H,2H2,1H3,(H,39,44)(H,40,43)(H,41,42)/b34-25+. The monoisotopic (exact) mass is 627 g/mol. The molecule has 0 aromatic heterocycles. The molecule has 0 heterocycles. The Morgan fingerprint density at radius 3 is 2.02 bits per heavy atom. The molecule has 0 bridgehead atoms. The van der Waals surface area contributed by atoms with Gasteiger partial charge in [0.2, 0.25) is 5.91 Å². The van der Waals surface area contributed by atoms with Gasteiger partial charge in [-0.05, 0) is 78.7 Å². The molecule has 5 aromatic carbocycles. The van der Waals surface area contributed by atoms with E-state index in [1.165, 1.54) is 11.8 Å². The molecule has 1 atom stereocenters. The second kappa shape index (κ2) is 15.9. The molecule has 0 aliphatic rings. The van der Waals surface area contributed by atoms with E-state index in [0.29, 0.717) is 34.9 Å². The lowest BCUT2D eigenvalue weighted by atomic mass is 10.1. The molecule has 46 heavy (non-hydrogen) atoms. The average molecular weight is 628 g/mol. The Kier molecular flexibility index (Phi) is 11.0. The summed E-state index contributed by atoms with van der Waals surface area (Å²) in [7, 11) is 0. The first-order chi connectivity index (χ1) is 22.5. The fourth-order valence-electron chi connectivity index (χ4n) is 4.55. The molecule has 0 radical (unpaired) electrons. The largest absolute Gasteiger partial charge is 0.494 e. The topological polar surface area (TPSA) is 96.5 Å². The Labute approximate surface area is 272 Å². The summed E-state index contributed by atoms with van der Waals surface area (Å²) >= 11 is 1.38. The van der Waals surface area contributed by atoms with Crippen LogP contribution >= 0.6 is 11.8 Å². The lowest BCUT2D eigenvalue weighted by Gasteiger charge is -2.18. The molecular formula is C38H33N3O4S. The minimum atomic E-state index is -0.548. The molecule has 0 fully saturated rings. The summed E-state index contributed by atoms with van der Waals surface area (Å²) in [4.78, 5) is 40.9. The Hall–Kier alpha value is -5.60. The minimum absolute atomic E-state index is 0.0699. The fraction of sp³-hybridized carbons (Fsp3) is 0.0789. The van der Waals surface area contributed by atoms with E-state index in [1.807, 2.05) is 116 Å². The number of para-hydroxylation sites is 1. The zero-order chi connectivity index (χ0) is 32.1.